The second kappa shape index (κ2) is 5.54. The molecule has 1 N–H and O–H groups in total. The van der Waals surface area contributed by atoms with E-state index >= 15 is 0 Å². The van der Waals surface area contributed by atoms with Gasteiger partial charge in [0.05, 0.1) is 17.4 Å². The van der Waals surface area contributed by atoms with Crippen LogP contribution < -0.4 is 5.32 Å². The minimum Gasteiger partial charge on any atom is -0.320 e. The van der Waals surface area contributed by atoms with E-state index < -0.39 is 17.6 Å². The van der Waals surface area contributed by atoms with Crippen molar-refractivity contribution >= 4 is 28.8 Å². The van der Waals surface area contributed by atoms with E-state index in [1.54, 1.807) is 6.07 Å². The van der Waals surface area contributed by atoms with Gasteiger partial charge in [-0.2, -0.15) is 18.3 Å². The number of aromatic nitrogens is 3. The number of rotatable bonds is 2. The number of carbonyl (C=O) groups is 1. The maximum Gasteiger partial charge on any atom is 0.418 e. The maximum absolute atomic E-state index is 13.0. The summed E-state index contributed by atoms with van der Waals surface area (Å²) in [7, 11) is 0. The fraction of sp³-hybridized carbons (Fsp3) is 0.0714. The van der Waals surface area contributed by atoms with Gasteiger partial charge in [-0.1, -0.05) is 11.6 Å². The van der Waals surface area contributed by atoms with Crippen molar-refractivity contribution in [1.82, 2.24) is 14.6 Å². The maximum atomic E-state index is 13.0. The van der Waals surface area contributed by atoms with Crippen molar-refractivity contribution in [3.05, 3.63) is 59.0 Å². The summed E-state index contributed by atoms with van der Waals surface area (Å²) in [6.45, 7) is 0. The first-order valence-electron chi connectivity index (χ1n) is 6.33. The first kappa shape index (κ1) is 15.3. The monoisotopic (exact) mass is 340 g/mol. The third kappa shape index (κ3) is 2.98. The van der Waals surface area contributed by atoms with Gasteiger partial charge in [0, 0.05) is 17.3 Å². The van der Waals surface area contributed by atoms with E-state index in [-0.39, 0.29) is 16.4 Å². The Bertz CT molecular complexity index is 891. The topological polar surface area (TPSA) is 59.3 Å². The lowest BCUT2D eigenvalue weighted by molar-refractivity contribution is -0.136. The molecule has 3 rings (SSSR count). The Kier molecular flexibility index (Phi) is 3.69. The van der Waals surface area contributed by atoms with Gasteiger partial charge in [0.25, 0.3) is 5.91 Å². The van der Waals surface area contributed by atoms with E-state index in [9.17, 15) is 18.0 Å². The lowest BCUT2D eigenvalue weighted by Gasteiger charge is -2.14. The third-order valence-electron chi connectivity index (χ3n) is 3.06. The van der Waals surface area contributed by atoms with Gasteiger partial charge in [-0.25, -0.2) is 9.50 Å². The van der Waals surface area contributed by atoms with Gasteiger partial charge in [-0.05, 0) is 24.3 Å². The fourth-order valence-corrected chi connectivity index (χ4v) is 2.22. The van der Waals surface area contributed by atoms with E-state index in [1.165, 1.54) is 29.0 Å². The largest absolute Gasteiger partial charge is 0.418 e. The Morgan fingerprint density at radius 3 is 2.70 bits per heavy atom. The van der Waals surface area contributed by atoms with Gasteiger partial charge in [0.2, 0.25) is 0 Å². The van der Waals surface area contributed by atoms with Crippen molar-refractivity contribution in [3.63, 3.8) is 0 Å². The summed E-state index contributed by atoms with van der Waals surface area (Å²) >= 11 is 5.60. The number of amides is 1. The molecule has 0 saturated heterocycles. The van der Waals surface area contributed by atoms with E-state index in [0.717, 1.165) is 12.1 Å². The van der Waals surface area contributed by atoms with Crippen molar-refractivity contribution in [1.29, 1.82) is 0 Å². The second-order valence-corrected chi connectivity index (χ2v) is 5.01. The SMILES string of the molecule is O=C(Nc1ccc(Cl)cc1C(F)(F)F)c1ccnc2ccnn12. The fourth-order valence-electron chi connectivity index (χ4n) is 2.05. The molecule has 5 nitrogen and oxygen atoms in total. The number of carbonyl (C=O) groups excluding carboxylic acids is 1. The molecule has 0 unspecified atom stereocenters. The molecule has 0 bridgehead atoms. The van der Waals surface area contributed by atoms with Gasteiger partial charge in [0.15, 0.2) is 5.65 Å². The van der Waals surface area contributed by atoms with Crippen LogP contribution in [0.3, 0.4) is 0 Å². The minimum absolute atomic E-state index is 0.0584. The van der Waals surface area contributed by atoms with Crippen molar-refractivity contribution in [2.75, 3.05) is 5.32 Å². The molecule has 118 valence electrons. The normalized spacial score (nSPS) is 11.7. The Hall–Kier alpha value is -2.61. The lowest BCUT2D eigenvalue weighted by atomic mass is 10.1. The zero-order valence-corrected chi connectivity index (χ0v) is 12.1. The summed E-state index contributed by atoms with van der Waals surface area (Å²) < 4.78 is 40.4. The summed E-state index contributed by atoms with van der Waals surface area (Å²) in [4.78, 5) is 16.3. The van der Waals surface area contributed by atoms with Crippen LogP contribution in [0, 0.1) is 0 Å². The standard InChI is InChI=1S/C14H8ClF3N4O/c15-8-1-2-10(9(7-8)14(16,17)18)21-13(23)11-3-5-19-12-4-6-20-22(11)12/h1-7H,(H,21,23). The summed E-state index contributed by atoms with van der Waals surface area (Å²) in [6, 6.07) is 6.05. The molecule has 1 amide bonds. The number of fused-ring (bicyclic) bond motifs is 1. The molecular weight excluding hydrogens is 333 g/mol. The first-order valence-corrected chi connectivity index (χ1v) is 6.71. The minimum atomic E-state index is -4.65. The Labute approximate surface area is 132 Å². The number of nitrogens with zero attached hydrogens (tertiary/aromatic N) is 3. The number of benzene rings is 1. The molecule has 0 atom stereocenters. The van der Waals surface area contributed by atoms with E-state index in [1.807, 2.05) is 0 Å². The highest BCUT2D eigenvalue weighted by Crippen LogP contribution is 2.36. The summed E-state index contributed by atoms with van der Waals surface area (Å²) in [5.41, 5.74) is -0.944. The zero-order chi connectivity index (χ0) is 16.6. The number of nitrogens with one attached hydrogen (secondary N) is 1. The highest BCUT2D eigenvalue weighted by Gasteiger charge is 2.34. The molecule has 23 heavy (non-hydrogen) atoms. The molecule has 2 heterocycles. The number of anilines is 1. The molecular formula is C14H8ClF3N4O. The quantitative estimate of drug-likeness (QED) is 0.774. The Morgan fingerprint density at radius 2 is 1.96 bits per heavy atom. The summed E-state index contributed by atoms with van der Waals surface area (Å²) in [6.07, 6.45) is -1.84. The van der Waals surface area contributed by atoms with Crippen LogP contribution in [0.15, 0.2) is 42.7 Å². The molecule has 0 aliphatic carbocycles. The van der Waals surface area contributed by atoms with Crippen LogP contribution in [0.4, 0.5) is 18.9 Å². The van der Waals surface area contributed by atoms with E-state index in [4.69, 9.17) is 11.6 Å². The summed E-state index contributed by atoms with van der Waals surface area (Å²) in [5.74, 6) is -0.742. The smallest absolute Gasteiger partial charge is 0.320 e. The van der Waals surface area contributed by atoms with Crippen LogP contribution in [0.2, 0.25) is 5.02 Å². The van der Waals surface area contributed by atoms with Crippen molar-refractivity contribution in [3.8, 4) is 0 Å². The van der Waals surface area contributed by atoms with Crippen LogP contribution in [0.1, 0.15) is 16.1 Å². The highest BCUT2D eigenvalue weighted by atomic mass is 35.5. The third-order valence-corrected chi connectivity index (χ3v) is 3.29. The average molecular weight is 341 g/mol. The van der Waals surface area contributed by atoms with Gasteiger partial charge in [0.1, 0.15) is 5.69 Å². The highest BCUT2D eigenvalue weighted by molar-refractivity contribution is 6.30. The molecule has 0 radical (unpaired) electrons. The second-order valence-electron chi connectivity index (χ2n) is 4.57. The Morgan fingerprint density at radius 1 is 1.17 bits per heavy atom. The average Bonchev–Trinajstić information content (AvgIpc) is 2.96. The number of hydrogen-bond donors (Lipinski definition) is 1. The first-order chi connectivity index (χ1) is 10.9. The van der Waals surface area contributed by atoms with Crippen LogP contribution in [0.5, 0.6) is 0 Å². The van der Waals surface area contributed by atoms with Gasteiger partial charge in [-0.15, -0.1) is 0 Å². The van der Waals surface area contributed by atoms with Gasteiger partial charge in [-0.3, -0.25) is 4.79 Å². The zero-order valence-electron chi connectivity index (χ0n) is 11.3. The van der Waals surface area contributed by atoms with Crippen molar-refractivity contribution in [2.24, 2.45) is 0 Å². The van der Waals surface area contributed by atoms with Gasteiger partial charge < -0.3 is 5.32 Å². The predicted molar refractivity (Wildman–Crippen MR) is 77.4 cm³/mol. The number of hydrogen-bond acceptors (Lipinski definition) is 3. The van der Waals surface area contributed by atoms with E-state index in [0.29, 0.717) is 5.65 Å². The summed E-state index contributed by atoms with van der Waals surface area (Å²) in [5, 5.41) is 6.08. The van der Waals surface area contributed by atoms with Crippen LogP contribution in [-0.4, -0.2) is 20.5 Å². The van der Waals surface area contributed by atoms with Crippen LogP contribution in [-0.2, 0) is 6.18 Å². The van der Waals surface area contributed by atoms with Crippen LogP contribution in [0.25, 0.3) is 5.65 Å². The lowest BCUT2D eigenvalue weighted by Crippen LogP contribution is -2.19. The molecule has 2 aromatic heterocycles. The molecule has 3 aromatic rings. The Balaban J connectivity index is 1.99. The molecule has 0 spiro atoms. The van der Waals surface area contributed by atoms with Crippen molar-refractivity contribution in [2.45, 2.75) is 6.18 Å². The predicted octanol–water partition coefficient (Wildman–Crippen LogP) is 3.65. The van der Waals surface area contributed by atoms with Gasteiger partial charge >= 0.3 is 6.18 Å². The molecule has 9 heteroatoms. The molecule has 0 fully saturated rings. The molecule has 0 aliphatic rings. The number of alkyl halides is 3. The van der Waals surface area contributed by atoms with Crippen molar-refractivity contribution < 1.29 is 18.0 Å². The van der Waals surface area contributed by atoms with Crippen LogP contribution >= 0.6 is 11.6 Å². The molecule has 0 aliphatic heterocycles. The van der Waals surface area contributed by atoms with E-state index in [2.05, 4.69) is 15.4 Å². The molecule has 1 aromatic carbocycles. The number of halogens is 4. The molecule has 0 saturated carbocycles.